The Hall–Kier alpha value is -3.09. The highest BCUT2D eigenvalue weighted by atomic mass is 16.4. The third-order valence-electron chi connectivity index (χ3n) is 4.87. The topological polar surface area (TPSA) is 91.4 Å². The first-order valence-electron chi connectivity index (χ1n) is 8.66. The molecule has 1 aliphatic heterocycles. The molecule has 0 unspecified atom stereocenters. The zero-order valence-electron chi connectivity index (χ0n) is 14.3. The van der Waals surface area contributed by atoms with Gasteiger partial charge in [-0.05, 0) is 49.6 Å². The van der Waals surface area contributed by atoms with Gasteiger partial charge in [-0.25, -0.2) is 4.98 Å². The Morgan fingerprint density at radius 2 is 2.19 bits per heavy atom. The van der Waals surface area contributed by atoms with Crippen LogP contribution >= 0.6 is 0 Å². The number of imidazole rings is 1. The molecule has 0 radical (unpaired) electrons. The Morgan fingerprint density at radius 1 is 1.35 bits per heavy atom. The minimum absolute atomic E-state index is 0.0970. The zero-order valence-corrected chi connectivity index (χ0v) is 14.3. The number of carbonyl (C=O) groups excluding carboxylic acids is 2. The highest BCUT2D eigenvalue weighted by Crippen LogP contribution is 2.34. The van der Waals surface area contributed by atoms with Crippen LogP contribution in [0.5, 0.6) is 0 Å². The SMILES string of the molecule is CCn1c([C@@H]2CCCN2C(=O)c2ccco2)nc2cc(C(=O)[O-])ccc21. The van der Waals surface area contributed by atoms with Crippen LogP contribution in [0.2, 0.25) is 0 Å². The fourth-order valence-electron chi connectivity index (χ4n) is 3.68. The fourth-order valence-corrected chi connectivity index (χ4v) is 3.68. The molecule has 3 heterocycles. The lowest BCUT2D eigenvalue weighted by molar-refractivity contribution is -0.255. The minimum atomic E-state index is -1.23. The molecule has 0 spiro atoms. The number of hydrogen-bond acceptors (Lipinski definition) is 5. The van der Waals surface area contributed by atoms with Gasteiger partial charge in [0, 0.05) is 13.1 Å². The van der Waals surface area contributed by atoms with Crippen molar-refractivity contribution < 1.29 is 19.1 Å². The molecule has 2 aromatic heterocycles. The lowest BCUT2D eigenvalue weighted by atomic mass is 10.2. The van der Waals surface area contributed by atoms with Gasteiger partial charge in [0.1, 0.15) is 5.82 Å². The molecule has 3 aromatic rings. The van der Waals surface area contributed by atoms with E-state index in [1.807, 2.05) is 11.5 Å². The minimum Gasteiger partial charge on any atom is -0.545 e. The van der Waals surface area contributed by atoms with Gasteiger partial charge in [0.25, 0.3) is 5.91 Å². The number of aromatic nitrogens is 2. The Morgan fingerprint density at radius 3 is 2.88 bits per heavy atom. The number of likely N-dealkylation sites (tertiary alicyclic amines) is 1. The second-order valence-corrected chi connectivity index (χ2v) is 6.34. The van der Waals surface area contributed by atoms with E-state index in [1.165, 1.54) is 18.4 Å². The van der Waals surface area contributed by atoms with Crippen molar-refractivity contribution >= 4 is 22.9 Å². The average Bonchev–Trinajstić information content (AvgIpc) is 3.38. The van der Waals surface area contributed by atoms with Gasteiger partial charge in [0.2, 0.25) is 0 Å². The monoisotopic (exact) mass is 352 g/mol. The maximum Gasteiger partial charge on any atom is 0.290 e. The molecule has 1 fully saturated rings. The number of rotatable bonds is 4. The average molecular weight is 352 g/mol. The fraction of sp³-hybridized carbons (Fsp3) is 0.316. The largest absolute Gasteiger partial charge is 0.545 e. The Kier molecular flexibility index (Phi) is 3.99. The number of carboxylic acids is 1. The summed E-state index contributed by atoms with van der Waals surface area (Å²) in [7, 11) is 0. The van der Waals surface area contributed by atoms with E-state index in [0.29, 0.717) is 24.4 Å². The van der Waals surface area contributed by atoms with E-state index in [0.717, 1.165) is 24.2 Å². The van der Waals surface area contributed by atoms with E-state index < -0.39 is 5.97 Å². The molecule has 0 aliphatic carbocycles. The van der Waals surface area contributed by atoms with E-state index in [4.69, 9.17) is 4.42 Å². The van der Waals surface area contributed by atoms with Crippen molar-refractivity contribution in [2.24, 2.45) is 0 Å². The highest BCUT2D eigenvalue weighted by molar-refractivity contribution is 5.92. The number of amides is 1. The van der Waals surface area contributed by atoms with Crippen molar-refractivity contribution in [3.05, 3.63) is 53.7 Å². The van der Waals surface area contributed by atoms with Gasteiger partial charge >= 0.3 is 0 Å². The van der Waals surface area contributed by atoms with Crippen molar-refractivity contribution in [3.63, 3.8) is 0 Å². The summed E-state index contributed by atoms with van der Waals surface area (Å²) >= 11 is 0. The molecular formula is C19H18N3O4-. The van der Waals surface area contributed by atoms with Gasteiger partial charge in [-0.2, -0.15) is 0 Å². The number of benzene rings is 1. The van der Waals surface area contributed by atoms with Crippen molar-refractivity contribution in [1.82, 2.24) is 14.5 Å². The van der Waals surface area contributed by atoms with Gasteiger partial charge in [0.05, 0.1) is 29.3 Å². The van der Waals surface area contributed by atoms with Gasteiger partial charge in [0.15, 0.2) is 5.76 Å². The summed E-state index contributed by atoms with van der Waals surface area (Å²) in [6.07, 6.45) is 3.18. The van der Waals surface area contributed by atoms with Crippen molar-refractivity contribution in [3.8, 4) is 0 Å². The number of aryl methyl sites for hydroxylation is 1. The molecule has 26 heavy (non-hydrogen) atoms. The number of aromatic carboxylic acids is 1. The van der Waals surface area contributed by atoms with E-state index in [9.17, 15) is 14.7 Å². The molecule has 1 aliphatic rings. The zero-order chi connectivity index (χ0) is 18.3. The molecule has 4 rings (SSSR count). The van der Waals surface area contributed by atoms with Crippen molar-refractivity contribution in [2.45, 2.75) is 32.4 Å². The maximum atomic E-state index is 12.8. The van der Waals surface area contributed by atoms with E-state index >= 15 is 0 Å². The highest BCUT2D eigenvalue weighted by Gasteiger charge is 2.35. The molecule has 1 aromatic carbocycles. The summed E-state index contributed by atoms with van der Waals surface area (Å²) in [5.41, 5.74) is 1.55. The summed E-state index contributed by atoms with van der Waals surface area (Å²) < 4.78 is 7.29. The van der Waals surface area contributed by atoms with E-state index in [1.54, 1.807) is 23.1 Å². The lowest BCUT2D eigenvalue weighted by Crippen LogP contribution is -2.31. The van der Waals surface area contributed by atoms with E-state index in [2.05, 4.69) is 4.98 Å². The third-order valence-corrected chi connectivity index (χ3v) is 4.87. The van der Waals surface area contributed by atoms with Crippen LogP contribution in [0.15, 0.2) is 41.0 Å². The quantitative estimate of drug-likeness (QED) is 0.716. The summed E-state index contributed by atoms with van der Waals surface area (Å²) in [6.45, 7) is 3.32. The number of hydrogen-bond donors (Lipinski definition) is 0. The molecule has 0 saturated carbocycles. The maximum absolute atomic E-state index is 12.8. The first-order valence-corrected chi connectivity index (χ1v) is 8.66. The summed E-state index contributed by atoms with van der Waals surface area (Å²) in [5, 5.41) is 11.1. The van der Waals surface area contributed by atoms with Crippen LogP contribution in [0.3, 0.4) is 0 Å². The molecular weight excluding hydrogens is 334 g/mol. The second kappa shape index (κ2) is 6.33. The smallest absolute Gasteiger partial charge is 0.290 e. The van der Waals surface area contributed by atoms with Crippen LogP contribution < -0.4 is 5.11 Å². The van der Waals surface area contributed by atoms with Crippen LogP contribution in [-0.2, 0) is 6.54 Å². The Bertz CT molecular complexity index is 974. The predicted molar refractivity (Wildman–Crippen MR) is 91.5 cm³/mol. The number of nitrogens with zero attached hydrogens (tertiary/aromatic N) is 3. The molecule has 0 N–H and O–H groups in total. The lowest BCUT2D eigenvalue weighted by Gasteiger charge is -2.24. The van der Waals surface area contributed by atoms with Gasteiger partial charge in [-0.15, -0.1) is 0 Å². The molecule has 1 amide bonds. The first kappa shape index (κ1) is 16.4. The molecule has 1 saturated heterocycles. The van der Waals surface area contributed by atoms with Crippen molar-refractivity contribution in [1.29, 1.82) is 0 Å². The summed E-state index contributed by atoms with van der Waals surface area (Å²) in [4.78, 5) is 30.3. The summed E-state index contributed by atoms with van der Waals surface area (Å²) in [5.74, 6) is -0.289. The normalized spacial score (nSPS) is 17.1. The number of fused-ring (bicyclic) bond motifs is 1. The Balaban J connectivity index is 1.77. The molecule has 7 heteroatoms. The molecule has 1 atom stereocenters. The first-order chi connectivity index (χ1) is 12.6. The van der Waals surface area contributed by atoms with Crippen LogP contribution in [0, 0.1) is 0 Å². The number of carboxylic acid groups (broad SMARTS) is 1. The molecule has 7 nitrogen and oxygen atoms in total. The van der Waals surface area contributed by atoms with Gasteiger partial charge in [-0.1, -0.05) is 6.07 Å². The van der Waals surface area contributed by atoms with E-state index in [-0.39, 0.29) is 17.5 Å². The predicted octanol–water partition coefficient (Wildman–Crippen LogP) is 1.99. The third kappa shape index (κ3) is 2.56. The van der Waals surface area contributed by atoms with Crippen LogP contribution in [0.1, 0.15) is 52.5 Å². The van der Waals surface area contributed by atoms with Gasteiger partial charge < -0.3 is 23.8 Å². The Labute approximate surface area is 149 Å². The number of furan rings is 1. The molecule has 0 bridgehead atoms. The number of carbonyl (C=O) groups is 2. The van der Waals surface area contributed by atoms with Crippen LogP contribution in [0.25, 0.3) is 11.0 Å². The van der Waals surface area contributed by atoms with Gasteiger partial charge in [-0.3, -0.25) is 4.79 Å². The van der Waals surface area contributed by atoms with Crippen molar-refractivity contribution in [2.75, 3.05) is 6.54 Å². The molecule has 134 valence electrons. The second-order valence-electron chi connectivity index (χ2n) is 6.34. The summed E-state index contributed by atoms with van der Waals surface area (Å²) in [6, 6.07) is 7.98. The standard InChI is InChI=1S/C19H19N3O4/c1-2-21-14-8-7-12(19(24)25)11-13(14)20-17(21)15-5-3-9-22(15)18(23)16-6-4-10-26-16/h4,6-8,10-11,15H,2-3,5,9H2,1H3,(H,24,25)/p-1/t15-/m0/s1. The van der Waals surface area contributed by atoms with Crippen LogP contribution in [-0.4, -0.2) is 32.9 Å². The van der Waals surface area contributed by atoms with Crippen LogP contribution in [0.4, 0.5) is 0 Å².